The van der Waals surface area contributed by atoms with E-state index in [1.54, 1.807) is 6.92 Å². The minimum Gasteiger partial charge on any atom is -0.480 e. The first-order chi connectivity index (χ1) is 8.56. The Labute approximate surface area is 107 Å². The Bertz CT molecular complexity index is 420. The van der Waals surface area contributed by atoms with Crippen molar-refractivity contribution < 1.29 is 14.6 Å². The van der Waals surface area contributed by atoms with E-state index in [1.807, 2.05) is 42.2 Å². The van der Waals surface area contributed by atoms with Crippen molar-refractivity contribution in [3.05, 3.63) is 35.9 Å². The van der Waals surface area contributed by atoms with Gasteiger partial charge in [-0.2, -0.15) is 0 Å². The van der Waals surface area contributed by atoms with Gasteiger partial charge in [0, 0.05) is 12.6 Å². The summed E-state index contributed by atoms with van der Waals surface area (Å²) >= 11 is 0. The van der Waals surface area contributed by atoms with Crippen molar-refractivity contribution in [1.29, 1.82) is 0 Å². The van der Waals surface area contributed by atoms with E-state index in [9.17, 15) is 9.90 Å². The van der Waals surface area contributed by atoms with Crippen molar-refractivity contribution in [2.24, 2.45) is 0 Å². The Morgan fingerprint density at radius 3 is 2.67 bits per heavy atom. The Morgan fingerprint density at radius 1 is 1.44 bits per heavy atom. The molecule has 2 rings (SSSR count). The molecule has 0 bridgehead atoms. The third-order valence-corrected chi connectivity index (χ3v) is 3.69. The number of rotatable bonds is 3. The molecule has 4 heteroatoms. The molecule has 0 saturated carbocycles. The van der Waals surface area contributed by atoms with Crippen LogP contribution in [0.2, 0.25) is 0 Å². The maximum atomic E-state index is 11.8. The average molecular weight is 249 g/mol. The van der Waals surface area contributed by atoms with Gasteiger partial charge in [0.15, 0.2) is 0 Å². The summed E-state index contributed by atoms with van der Waals surface area (Å²) in [4.78, 5) is 13.8. The normalized spacial score (nSPS) is 24.4. The number of morpholine rings is 1. The first kappa shape index (κ1) is 13.1. The van der Waals surface area contributed by atoms with Crippen LogP contribution in [0.4, 0.5) is 0 Å². The highest BCUT2D eigenvalue weighted by atomic mass is 16.5. The van der Waals surface area contributed by atoms with Gasteiger partial charge in [0.2, 0.25) is 0 Å². The van der Waals surface area contributed by atoms with E-state index in [-0.39, 0.29) is 6.04 Å². The second kappa shape index (κ2) is 5.08. The van der Waals surface area contributed by atoms with Gasteiger partial charge in [-0.25, -0.2) is 4.79 Å². The summed E-state index contributed by atoms with van der Waals surface area (Å²) in [7, 11) is 0. The van der Waals surface area contributed by atoms with Gasteiger partial charge in [-0.3, -0.25) is 4.90 Å². The molecule has 1 aromatic carbocycles. The average Bonchev–Trinajstić information content (AvgIpc) is 2.39. The molecule has 98 valence electrons. The van der Waals surface area contributed by atoms with Crippen LogP contribution in [0.1, 0.15) is 19.4 Å². The minimum absolute atomic E-state index is 0.0973. The topological polar surface area (TPSA) is 49.8 Å². The zero-order chi connectivity index (χ0) is 13.2. The van der Waals surface area contributed by atoms with Gasteiger partial charge in [0.25, 0.3) is 0 Å². The number of nitrogens with zero attached hydrogens (tertiary/aromatic N) is 1. The van der Waals surface area contributed by atoms with E-state index in [2.05, 4.69) is 0 Å². The van der Waals surface area contributed by atoms with Gasteiger partial charge < -0.3 is 9.84 Å². The highest BCUT2D eigenvalue weighted by Crippen LogP contribution is 2.31. The standard InChI is InChI=1S/C14H19NO3/c1-11-10-18-9-8-15(11)14(2,13(16)17)12-6-4-3-5-7-12/h3-7,11H,8-10H2,1-2H3,(H,16,17). The SMILES string of the molecule is CC1COCCN1C(C)(C(=O)O)c1ccccc1. The highest BCUT2D eigenvalue weighted by Gasteiger charge is 2.44. The van der Waals surface area contributed by atoms with Gasteiger partial charge in [-0.15, -0.1) is 0 Å². The van der Waals surface area contributed by atoms with Crippen LogP contribution < -0.4 is 0 Å². The van der Waals surface area contributed by atoms with E-state index in [0.29, 0.717) is 19.8 Å². The summed E-state index contributed by atoms with van der Waals surface area (Å²) in [5, 5.41) is 9.67. The molecule has 4 nitrogen and oxygen atoms in total. The number of carbonyl (C=O) groups is 1. The number of carboxylic acid groups (broad SMARTS) is 1. The van der Waals surface area contributed by atoms with E-state index in [0.717, 1.165) is 5.56 Å². The Hall–Kier alpha value is -1.39. The number of ether oxygens (including phenoxy) is 1. The molecule has 18 heavy (non-hydrogen) atoms. The van der Waals surface area contributed by atoms with Crippen molar-refractivity contribution in [3.63, 3.8) is 0 Å². The molecule has 1 fully saturated rings. The molecule has 1 saturated heterocycles. The van der Waals surface area contributed by atoms with Crippen molar-refractivity contribution in [3.8, 4) is 0 Å². The van der Waals surface area contributed by atoms with Gasteiger partial charge in [0.05, 0.1) is 13.2 Å². The molecule has 2 unspecified atom stereocenters. The Kier molecular flexibility index (Phi) is 3.68. The molecule has 1 aliphatic rings. The molecular weight excluding hydrogens is 230 g/mol. The highest BCUT2D eigenvalue weighted by molar-refractivity contribution is 5.80. The smallest absolute Gasteiger partial charge is 0.328 e. The molecule has 1 aliphatic heterocycles. The van der Waals surface area contributed by atoms with Gasteiger partial charge in [0.1, 0.15) is 5.54 Å². The van der Waals surface area contributed by atoms with E-state index < -0.39 is 11.5 Å². The molecule has 1 aromatic rings. The van der Waals surface area contributed by atoms with Crippen molar-refractivity contribution in [2.45, 2.75) is 25.4 Å². The quantitative estimate of drug-likeness (QED) is 0.886. The molecule has 2 atom stereocenters. The minimum atomic E-state index is -0.996. The molecule has 0 spiro atoms. The third-order valence-electron chi connectivity index (χ3n) is 3.69. The number of benzene rings is 1. The van der Waals surface area contributed by atoms with Crippen LogP contribution in [0.5, 0.6) is 0 Å². The lowest BCUT2D eigenvalue weighted by Crippen LogP contribution is -2.58. The summed E-state index contributed by atoms with van der Waals surface area (Å²) < 4.78 is 5.39. The number of hydrogen-bond acceptors (Lipinski definition) is 3. The number of hydrogen-bond donors (Lipinski definition) is 1. The first-order valence-corrected chi connectivity index (χ1v) is 6.20. The monoisotopic (exact) mass is 249 g/mol. The Balaban J connectivity index is 2.41. The predicted octanol–water partition coefficient (Wildman–Crippen LogP) is 1.71. The van der Waals surface area contributed by atoms with Crippen molar-refractivity contribution in [1.82, 2.24) is 4.90 Å². The maximum absolute atomic E-state index is 11.8. The van der Waals surface area contributed by atoms with Crippen LogP contribution in [-0.2, 0) is 15.1 Å². The third kappa shape index (κ3) is 2.13. The largest absolute Gasteiger partial charge is 0.480 e. The fraction of sp³-hybridized carbons (Fsp3) is 0.500. The van der Waals surface area contributed by atoms with Crippen molar-refractivity contribution >= 4 is 5.97 Å². The zero-order valence-corrected chi connectivity index (χ0v) is 10.8. The molecule has 0 aromatic heterocycles. The van der Waals surface area contributed by atoms with Crippen LogP contribution >= 0.6 is 0 Å². The van der Waals surface area contributed by atoms with Crippen LogP contribution in [0.15, 0.2) is 30.3 Å². The molecule has 0 aliphatic carbocycles. The maximum Gasteiger partial charge on any atom is 0.328 e. The first-order valence-electron chi connectivity index (χ1n) is 6.20. The summed E-state index contributed by atoms with van der Waals surface area (Å²) in [6, 6.07) is 9.49. The van der Waals surface area contributed by atoms with Crippen LogP contribution in [0.3, 0.4) is 0 Å². The summed E-state index contributed by atoms with van der Waals surface area (Å²) in [5.74, 6) is -0.817. The lowest BCUT2D eigenvalue weighted by Gasteiger charge is -2.44. The molecule has 0 amide bonds. The number of carboxylic acids is 1. The summed E-state index contributed by atoms with van der Waals surface area (Å²) in [6.07, 6.45) is 0. The van der Waals surface area contributed by atoms with E-state index in [1.165, 1.54) is 0 Å². The lowest BCUT2D eigenvalue weighted by molar-refractivity contribution is -0.158. The number of aliphatic carboxylic acids is 1. The fourth-order valence-electron chi connectivity index (χ4n) is 2.57. The summed E-state index contributed by atoms with van der Waals surface area (Å²) in [5.41, 5.74) is -0.184. The van der Waals surface area contributed by atoms with Gasteiger partial charge in [-0.1, -0.05) is 30.3 Å². The van der Waals surface area contributed by atoms with Gasteiger partial charge in [-0.05, 0) is 19.4 Å². The second-order valence-electron chi connectivity index (χ2n) is 4.86. The van der Waals surface area contributed by atoms with Crippen LogP contribution in [0, 0.1) is 0 Å². The Morgan fingerprint density at radius 2 is 2.11 bits per heavy atom. The van der Waals surface area contributed by atoms with E-state index >= 15 is 0 Å². The molecule has 0 radical (unpaired) electrons. The molecule has 1 N–H and O–H groups in total. The van der Waals surface area contributed by atoms with Crippen LogP contribution in [0.25, 0.3) is 0 Å². The molecule has 1 heterocycles. The lowest BCUT2D eigenvalue weighted by atomic mass is 9.88. The molecular formula is C14H19NO3. The zero-order valence-electron chi connectivity index (χ0n) is 10.8. The fourth-order valence-corrected chi connectivity index (χ4v) is 2.57. The predicted molar refractivity (Wildman–Crippen MR) is 68.4 cm³/mol. The van der Waals surface area contributed by atoms with E-state index in [4.69, 9.17) is 4.74 Å². The van der Waals surface area contributed by atoms with Crippen molar-refractivity contribution in [2.75, 3.05) is 19.8 Å². The second-order valence-corrected chi connectivity index (χ2v) is 4.86. The van der Waals surface area contributed by atoms with Gasteiger partial charge >= 0.3 is 5.97 Å². The van der Waals surface area contributed by atoms with Crippen LogP contribution in [-0.4, -0.2) is 41.8 Å². The summed E-state index contributed by atoms with van der Waals surface area (Å²) in [6.45, 7) is 5.57.